The van der Waals surface area contributed by atoms with Gasteiger partial charge in [0.05, 0.1) is 11.1 Å². The van der Waals surface area contributed by atoms with Crippen LogP contribution in [-0.2, 0) is 4.79 Å². The van der Waals surface area contributed by atoms with Crippen molar-refractivity contribution in [3.05, 3.63) is 35.7 Å². The zero-order valence-electron chi connectivity index (χ0n) is 12.4. The Morgan fingerprint density at radius 2 is 2.09 bits per heavy atom. The van der Waals surface area contributed by atoms with Crippen molar-refractivity contribution in [2.24, 2.45) is 0 Å². The number of carbonyl (C=O) groups is 2. The fourth-order valence-electron chi connectivity index (χ4n) is 1.99. The second-order valence-corrected chi connectivity index (χ2v) is 5.00. The fraction of sp³-hybridized carbons (Fsp3) is 0.333. The van der Waals surface area contributed by atoms with Crippen LogP contribution >= 0.6 is 0 Å². The topological polar surface area (TPSA) is 105 Å². The Morgan fingerprint density at radius 3 is 2.73 bits per heavy atom. The molecule has 0 saturated carbocycles. The normalized spacial score (nSPS) is 11.9. The van der Waals surface area contributed by atoms with Crippen LogP contribution in [0.4, 0.5) is 0 Å². The van der Waals surface area contributed by atoms with E-state index < -0.39 is 5.97 Å². The molecule has 0 saturated heterocycles. The number of nitrogens with one attached hydrogen (secondary N) is 1. The Kier molecular flexibility index (Phi) is 4.88. The number of hydrogen-bond donors (Lipinski definition) is 2. The predicted molar refractivity (Wildman–Crippen MR) is 78.3 cm³/mol. The van der Waals surface area contributed by atoms with Gasteiger partial charge < -0.3 is 14.9 Å². The molecule has 0 fully saturated rings. The number of carbonyl (C=O) groups excluding carboxylic acids is 1. The molecule has 7 nitrogen and oxygen atoms in total. The van der Waals surface area contributed by atoms with Gasteiger partial charge in [0, 0.05) is 12.5 Å². The van der Waals surface area contributed by atoms with Gasteiger partial charge in [0.15, 0.2) is 5.82 Å². The monoisotopic (exact) mass is 303 g/mol. The summed E-state index contributed by atoms with van der Waals surface area (Å²) in [5, 5.41) is 15.2. The first-order valence-electron chi connectivity index (χ1n) is 6.89. The summed E-state index contributed by atoms with van der Waals surface area (Å²) in [4.78, 5) is 27.0. The SMILES string of the molecule is Cc1noc(-c2ccccc2C(=O)NC(C)CCC(=O)O)n1. The van der Waals surface area contributed by atoms with Crippen molar-refractivity contribution in [3.63, 3.8) is 0 Å². The first kappa shape index (κ1) is 15.7. The lowest BCUT2D eigenvalue weighted by Gasteiger charge is -2.13. The number of nitrogens with zero attached hydrogens (tertiary/aromatic N) is 2. The Bertz CT molecular complexity index is 681. The van der Waals surface area contributed by atoms with Crippen molar-refractivity contribution >= 4 is 11.9 Å². The lowest BCUT2D eigenvalue weighted by molar-refractivity contribution is -0.137. The van der Waals surface area contributed by atoms with Gasteiger partial charge in [-0.15, -0.1) is 0 Å². The summed E-state index contributed by atoms with van der Waals surface area (Å²) < 4.78 is 5.11. The molecule has 0 radical (unpaired) electrons. The van der Waals surface area contributed by atoms with Crippen molar-refractivity contribution < 1.29 is 19.2 Å². The number of amides is 1. The minimum Gasteiger partial charge on any atom is -0.481 e. The summed E-state index contributed by atoms with van der Waals surface area (Å²) in [5.41, 5.74) is 0.958. The van der Waals surface area contributed by atoms with E-state index in [2.05, 4.69) is 15.5 Å². The third-order valence-corrected chi connectivity index (χ3v) is 3.10. The second-order valence-electron chi connectivity index (χ2n) is 5.00. The van der Waals surface area contributed by atoms with Crippen LogP contribution in [0.15, 0.2) is 28.8 Å². The Balaban J connectivity index is 2.15. The van der Waals surface area contributed by atoms with Crippen molar-refractivity contribution in [1.82, 2.24) is 15.5 Å². The first-order chi connectivity index (χ1) is 10.5. The average molecular weight is 303 g/mol. The Labute approximate surface area is 127 Å². The molecule has 1 aromatic carbocycles. The van der Waals surface area contributed by atoms with Crippen LogP contribution < -0.4 is 5.32 Å². The summed E-state index contributed by atoms with van der Waals surface area (Å²) in [7, 11) is 0. The molecule has 116 valence electrons. The minimum absolute atomic E-state index is 0.00590. The third-order valence-electron chi connectivity index (χ3n) is 3.10. The average Bonchev–Trinajstić information content (AvgIpc) is 2.91. The molecule has 0 spiro atoms. The standard InChI is InChI=1S/C15H17N3O4/c1-9(7-8-13(19)20)16-14(21)11-5-3-4-6-12(11)15-17-10(2)18-22-15/h3-6,9H,7-8H2,1-2H3,(H,16,21)(H,19,20). The number of aryl methyl sites for hydroxylation is 1. The van der Waals surface area contributed by atoms with Crippen LogP contribution in [0.5, 0.6) is 0 Å². The van der Waals surface area contributed by atoms with Crippen molar-refractivity contribution in [3.8, 4) is 11.5 Å². The Morgan fingerprint density at radius 1 is 1.36 bits per heavy atom. The van der Waals surface area contributed by atoms with Gasteiger partial charge in [0.1, 0.15) is 0 Å². The zero-order chi connectivity index (χ0) is 16.1. The maximum atomic E-state index is 12.4. The van der Waals surface area contributed by atoms with Gasteiger partial charge in [-0.05, 0) is 32.4 Å². The van der Waals surface area contributed by atoms with Gasteiger partial charge in [0.2, 0.25) is 0 Å². The lowest BCUT2D eigenvalue weighted by Crippen LogP contribution is -2.33. The van der Waals surface area contributed by atoms with Crippen LogP contribution in [-0.4, -0.2) is 33.2 Å². The second kappa shape index (κ2) is 6.84. The van der Waals surface area contributed by atoms with Crippen LogP contribution in [0.25, 0.3) is 11.5 Å². The van der Waals surface area contributed by atoms with Gasteiger partial charge in [-0.2, -0.15) is 4.98 Å². The number of aromatic nitrogens is 2. The van der Waals surface area contributed by atoms with Crippen molar-refractivity contribution in [1.29, 1.82) is 0 Å². The van der Waals surface area contributed by atoms with E-state index in [0.717, 1.165) is 0 Å². The van der Waals surface area contributed by atoms with Gasteiger partial charge in [-0.1, -0.05) is 17.3 Å². The van der Waals surface area contributed by atoms with E-state index in [-0.39, 0.29) is 24.3 Å². The number of carboxylic acids is 1. The largest absolute Gasteiger partial charge is 0.481 e. The molecule has 22 heavy (non-hydrogen) atoms. The maximum absolute atomic E-state index is 12.4. The van der Waals surface area contributed by atoms with Crippen LogP contribution in [0.2, 0.25) is 0 Å². The molecular weight excluding hydrogens is 286 g/mol. The summed E-state index contributed by atoms with van der Waals surface area (Å²) in [6.45, 7) is 3.46. The van der Waals surface area contributed by atoms with Crippen molar-refractivity contribution in [2.45, 2.75) is 32.7 Å². The number of aliphatic carboxylic acids is 1. The molecule has 0 aliphatic carbocycles. The molecule has 1 amide bonds. The number of carboxylic acid groups (broad SMARTS) is 1. The van der Waals surface area contributed by atoms with E-state index in [1.54, 1.807) is 38.1 Å². The van der Waals surface area contributed by atoms with E-state index in [1.807, 2.05) is 0 Å². The van der Waals surface area contributed by atoms with Crippen molar-refractivity contribution in [2.75, 3.05) is 0 Å². The summed E-state index contributed by atoms with van der Waals surface area (Å²) in [6, 6.07) is 6.65. The van der Waals surface area contributed by atoms with E-state index in [1.165, 1.54) is 0 Å². The van der Waals surface area contributed by atoms with E-state index in [9.17, 15) is 9.59 Å². The van der Waals surface area contributed by atoms with Crippen LogP contribution in [0, 0.1) is 6.92 Å². The molecule has 7 heteroatoms. The highest BCUT2D eigenvalue weighted by atomic mass is 16.5. The number of rotatable bonds is 6. The molecular formula is C15H17N3O4. The summed E-state index contributed by atoms with van der Waals surface area (Å²) >= 11 is 0. The molecule has 1 aromatic heterocycles. The summed E-state index contributed by atoms with van der Waals surface area (Å²) in [6.07, 6.45) is 0.370. The van der Waals surface area contributed by atoms with Gasteiger partial charge in [0.25, 0.3) is 11.8 Å². The predicted octanol–water partition coefficient (Wildman–Crippen LogP) is 2.03. The number of hydrogen-bond acceptors (Lipinski definition) is 5. The molecule has 0 aliphatic rings. The smallest absolute Gasteiger partial charge is 0.303 e. The molecule has 1 atom stereocenters. The molecule has 2 N–H and O–H groups in total. The molecule has 0 bridgehead atoms. The third kappa shape index (κ3) is 3.91. The van der Waals surface area contributed by atoms with Crippen LogP contribution in [0.3, 0.4) is 0 Å². The highest BCUT2D eigenvalue weighted by Gasteiger charge is 2.18. The molecule has 1 heterocycles. The molecule has 0 aliphatic heterocycles. The Hall–Kier alpha value is -2.70. The first-order valence-corrected chi connectivity index (χ1v) is 6.89. The fourth-order valence-corrected chi connectivity index (χ4v) is 1.99. The van der Waals surface area contributed by atoms with E-state index >= 15 is 0 Å². The van der Waals surface area contributed by atoms with Gasteiger partial charge >= 0.3 is 5.97 Å². The lowest BCUT2D eigenvalue weighted by atomic mass is 10.1. The quantitative estimate of drug-likeness (QED) is 0.846. The van der Waals surface area contributed by atoms with E-state index in [0.29, 0.717) is 23.4 Å². The van der Waals surface area contributed by atoms with E-state index in [4.69, 9.17) is 9.63 Å². The zero-order valence-corrected chi connectivity index (χ0v) is 12.4. The molecule has 1 unspecified atom stereocenters. The van der Waals surface area contributed by atoms with Gasteiger partial charge in [-0.3, -0.25) is 9.59 Å². The van der Waals surface area contributed by atoms with Gasteiger partial charge in [-0.25, -0.2) is 0 Å². The minimum atomic E-state index is -0.886. The molecule has 2 aromatic rings. The summed E-state index contributed by atoms with van der Waals surface area (Å²) in [5.74, 6) is -0.423. The number of benzene rings is 1. The highest BCUT2D eigenvalue weighted by molar-refractivity contribution is 6.00. The highest BCUT2D eigenvalue weighted by Crippen LogP contribution is 2.22. The maximum Gasteiger partial charge on any atom is 0.303 e. The van der Waals surface area contributed by atoms with Crippen LogP contribution in [0.1, 0.15) is 35.9 Å². The molecule has 2 rings (SSSR count).